The number of hydrogen-bond acceptors (Lipinski definition) is 5. The topological polar surface area (TPSA) is 95.9 Å². The zero-order chi connectivity index (χ0) is 32.1. The first-order valence-corrected chi connectivity index (χ1v) is 15.3. The van der Waals surface area contributed by atoms with Gasteiger partial charge in [0.15, 0.2) is 5.78 Å². The molecule has 7 heteroatoms. The lowest BCUT2D eigenvalue weighted by Gasteiger charge is -2.23. The second-order valence-electron chi connectivity index (χ2n) is 10.9. The molecule has 1 amide bonds. The predicted molar refractivity (Wildman–Crippen MR) is 179 cm³/mol. The Hall–Kier alpha value is -5.69. The van der Waals surface area contributed by atoms with Crippen molar-refractivity contribution < 1.29 is 24.2 Å². The smallest absolute Gasteiger partial charge is 0.326 e. The number of carbonyl (C=O) groups is 3. The van der Waals surface area contributed by atoms with Crippen molar-refractivity contribution in [3.05, 3.63) is 167 Å². The van der Waals surface area contributed by atoms with Crippen LogP contribution in [0.15, 0.2) is 140 Å². The molecule has 0 aliphatic carbocycles. The SMILES string of the molecule is O=C(c1ccccc1)c1ccccc1N[C@@H](Cc1ccc(OCCCN(Cc2ccccc2)C(=O)c2ccccc2)cc1)C(=O)O. The molecule has 2 N–H and O–H groups in total. The standard InChI is InChI=1S/C39H36N2O5/c42-37(31-15-6-2-7-16-31)34-19-10-11-20-35(34)40-36(39(44)45)27-29-21-23-33(24-22-29)46-26-12-25-41(28-30-13-4-1-5-14-30)38(43)32-17-8-3-9-18-32/h1-11,13-24,36,40H,12,25-28H2,(H,44,45)/t36-/m0/s1. The molecular weight excluding hydrogens is 576 g/mol. The highest BCUT2D eigenvalue weighted by Gasteiger charge is 2.21. The second-order valence-corrected chi connectivity index (χ2v) is 10.9. The van der Waals surface area contributed by atoms with Gasteiger partial charge in [-0.05, 0) is 53.9 Å². The molecule has 5 aromatic rings. The van der Waals surface area contributed by atoms with E-state index in [4.69, 9.17) is 4.74 Å². The highest BCUT2D eigenvalue weighted by atomic mass is 16.5. The fourth-order valence-corrected chi connectivity index (χ4v) is 5.16. The van der Waals surface area contributed by atoms with Gasteiger partial charge in [0.25, 0.3) is 5.91 Å². The molecule has 0 aliphatic heterocycles. The van der Waals surface area contributed by atoms with Crippen LogP contribution in [0, 0.1) is 0 Å². The van der Waals surface area contributed by atoms with Gasteiger partial charge in [0.2, 0.25) is 0 Å². The van der Waals surface area contributed by atoms with Gasteiger partial charge in [-0.25, -0.2) is 4.79 Å². The largest absolute Gasteiger partial charge is 0.494 e. The van der Waals surface area contributed by atoms with Crippen LogP contribution in [-0.2, 0) is 17.8 Å². The van der Waals surface area contributed by atoms with Crippen molar-refractivity contribution in [3.8, 4) is 5.75 Å². The van der Waals surface area contributed by atoms with Crippen LogP contribution in [0.4, 0.5) is 5.69 Å². The number of nitrogens with one attached hydrogen (secondary N) is 1. The summed E-state index contributed by atoms with van der Waals surface area (Å²) in [6, 6.07) is 41.4. The maximum Gasteiger partial charge on any atom is 0.326 e. The second kappa shape index (κ2) is 15.9. The summed E-state index contributed by atoms with van der Waals surface area (Å²) in [6.45, 7) is 1.45. The van der Waals surface area contributed by atoms with E-state index in [9.17, 15) is 19.5 Å². The number of anilines is 1. The molecule has 0 saturated heterocycles. The molecular formula is C39H36N2O5. The number of rotatable bonds is 15. The maximum absolute atomic E-state index is 13.2. The zero-order valence-corrected chi connectivity index (χ0v) is 25.4. The number of carboxylic acids is 1. The molecule has 7 nitrogen and oxygen atoms in total. The van der Waals surface area contributed by atoms with Gasteiger partial charge in [-0.15, -0.1) is 0 Å². The number of amides is 1. The Morgan fingerprint density at radius 1 is 0.674 bits per heavy atom. The number of aliphatic carboxylic acids is 1. The predicted octanol–water partition coefficient (Wildman–Crippen LogP) is 7.14. The molecule has 232 valence electrons. The van der Waals surface area contributed by atoms with E-state index < -0.39 is 12.0 Å². The Bertz CT molecular complexity index is 1730. The van der Waals surface area contributed by atoms with Crippen LogP contribution in [-0.4, -0.2) is 46.9 Å². The van der Waals surface area contributed by atoms with Crippen LogP contribution in [0.1, 0.15) is 43.8 Å². The van der Waals surface area contributed by atoms with Crippen LogP contribution in [0.2, 0.25) is 0 Å². The van der Waals surface area contributed by atoms with Crippen LogP contribution in [0.3, 0.4) is 0 Å². The van der Waals surface area contributed by atoms with Crippen molar-refractivity contribution in [2.75, 3.05) is 18.5 Å². The van der Waals surface area contributed by atoms with Crippen LogP contribution in [0.25, 0.3) is 0 Å². The lowest BCUT2D eigenvalue weighted by Crippen LogP contribution is -2.32. The van der Waals surface area contributed by atoms with Crippen molar-refractivity contribution in [1.29, 1.82) is 0 Å². The Kier molecular flexibility index (Phi) is 10.9. The maximum atomic E-state index is 13.2. The summed E-state index contributed by atoms with van der Waals surface area (Å²) in [4.78, 5) is 40.4. The minimum absolute atomic E-state index is 0.0255. The molecule has 0 aromatic heterocycles. The molecule has 0 bridgehead atoms. The number of ketones is 1. The lowest BCUT2D eigenvalue weighted by molar-refractivity contribution is -0.137. The van der Waals surface area contributed by atoms with Crippen molar-refractivity contribution in [1.82, 2.24) is 4.90 Å². The first-order valence-electron chi connectivity index (χ1n) is 15.3. The summed E-state index contributed by atoms with van der Waals surface area (Å²) < 4.78 is 5.97. The Balaban J connectivity index is 1.17. The van der Waals surface area contributed by atoms with E-state index in [0.29, 0.717) is 54.2 Å². The van der Waals surface area contributed by atoms with Crippen LogP contribution < -0.4 is 10.1 Å². The minimum atomic E-state index is -1.02. The summed E-state index contributed by atoms with van der Waals surface area (Å²) in [6.07, 6.45) is 0.846. The van der Waals surface area contributed by atoms with Crippen LogP contribution in [0.5, 0.6) is 5.75 Å². The van der Waals surface area contributed by atoms with Crippen molar-refractivity contribution in [2.24, 2.45) is 0 Å². The van der Waals surface area contributed by atoms with Crippen molar-refractivity contribution in [2.45, 2.75) is 25.4 Å². The average Bonchev–Trinajstić information content (AvgIpc) is 3.10. The summed E-state index contributed by atoms with van der Waals surface area (Å²) in [5.74, 6) is -0.566. The van der Waals surface area contributed by atoms with E-state index in [0.717, 1.165) is 11.1 Å². The lowest BCUT2D eigenvalue weighted by atomic mass is 10.00. The summed E-state index contributed by atoms with van der Waals surface area (Å²) in [7, 11) is 0. The van der Waals surface area contributed by atoms with E-state index in [1.54, 1.807) is 48.5 Å². The average molecular weight is 613 g/mol. The molecule has 0 fully saturated rings. The first kappa shape index (κ1) is 31.7. The number of para-hydroxylation sites is 1. The number of carboxylic acid groups (broad SMARTS) is 1. The van der Waals surface area contributed by atoms with Gasteiger partial charge < -0.3 is 20.1 Å². The molecule has 46 heavy (non-hydrogen) atoms. The molecule has 5 aromatic carbocycles. The summed E-state index contributed by atoms with van der Waals surface area (Å²) in [5.41, 5.74) is 3.93. The molecule has 0 spiro atoms. The summed E-state index contributed by atoms with van der Waals surface area (Å²) >= 11 is 0. The fraction of sp³-hybridized carbons (Fsp3) is 0.154. The number of benzene rings is 5. The number of nitrogens with zero attached hydrogens (tertiary/aromatic N) is 1. The molecule has 0 saturated carbocycles. The van der Waals surface area contributed by atoms with E-state index >= 15 is 0 Å². The third-order valence-corrected chi connectivity index (χ3v) is 7.56. The first-order chi connectivity index (χ1) is 22.5. The molecule has 5 rings (SSSR count). The van der Waals surface area contributed by atoms with Crippen molar-refractivity contribution >= 4 is 23.3 Å². The zero-order valence-electron chi connectivity index (χ0n) is 25.4. The molecule has 0 unspecified atom stereocenters. The monoisotopic (exact) mass is 612 g/mol. The number of carbonyl (C=O) groups excluding carboxylic acids is 2. The normalized spacial score (nSPS) is 11.3. The number of ether oxygens (including phenoxy) is 1. The van der Waals surface area contributed by atoms with Crippen molar-refractivity contribution in [3.63, 3.8) is 0 Å². The van der Waals surface area contributed by atoms with E-state index in [1.807, 2.05) is 95.9 Å². The van der Waals surface area contributed by atoms with Gasteiger partial charge in [-0.3, -0.25) is 9.59 Å². The third-order valence-electron chi connectivity index (χ3n) is 7.56. The van der Waals surface area contributed by atoms with Gasteiger partial charge in [0.1, 0.15) is 11.8 Å². The van der Waals surface area contributed by atoms with E-state index in [-0.39, 0.29) is 18.1 Å². The Morgan fingerprint density at radius 3 is 1.91 bits per heavy atom. The quantitative estimate of drug-likeness (QED) is 0.0964. The van der Waals surface area contributed by atoms with Gasteiger partial charge in [0, 0.05) is 41.9 Å². The molecule has 0 radical (unpaired) electrons. The highest BCUT2D eigenvalue weighted by molar-refractivity contribution is 6.12. The van der Waals surface area contributed by atoms with E-state index in [1.165, 1.54) is 0 Å². The molecule has 0 aliphatic rings. The minimum Gasteiger partial charge on any atom is -0.494 e. The highest BCUT2D eigenvalue weighted by Crippen LogP contribution is 2.22. The molecule has 1 atom stereocenters. The summed E-state index contributed by atoms with van der Waals surface area (Å²) in [5, 5.41) is 13.1. The Morgan fingerprint density at radius 2 is 1.26 bits per heavy atom. The van der Waals surface area contributed by atoms with Gasteiger partial charge in [-0.2, -0.15) is 0 Å². The van der Waals surface area contributed by atoms with Gasteiger partial charge >= 0.3 is 5.97 Å². The number of hydrogen-bond donors (Lipinski definition) is 2. The van der Waals surface area contributed by atoms with Gasteiger partial charge in [-0.1, -0.05) is 103 Å². The van der Waals surface area contributed by atoms with E-state index in [2.05, 4.69) is 5.32 Å². The van der Waals surface area contributed by atoms with Gasteiger partial charge in [0.05, 0.1) is 6.61 Å². The third kappa shape index (κ3) is 8.70. The Labute approximate surface area is 269 Å². The van der Waals surface area contributed by atoms with Crippen LogP contribution >= 0.6 is 0 Å². The molecule has 0 heterocycles. The fourth-order valence-electron chi connectivity index (χ4n) is 5.16.